The summed E-state index contributed by atoms with van der Waals surface area (Å²) in [5, 5.41) is 6.89. The third kappa shape index (κ3) is 9.05. The van der Waals surface area contributed by atoms with Crippen molar-refractivity contribution in [2.45, 2.75) is 19.8 Å². The average molecular weight is 360 g/mol. The van der Waals surface area contributed by atoms with Gasteiger partial charge in [0.15, 0.2) is 5.96 Å². The van der Waals surface area contributed by atoms with Gasteiger partial charge in [-0.2, -0.15) is 0 Å². The van der Waals surface area contributed by atoms with Crippen LogP contribution in [0.2, 0.25) is 5.02 Å². The molecule has 0 atom stereocenters. The van der Waals surface area contributed by atoms with E-state index in [0.29, 0.717) is 44.4 Å². The van der Waals surface area contributed by atoms with Crippen LogP contribution >= 0.6 is 11.6 Å². The number of halogens is 2. The molecule has 1 aromatic rings. The molecule has 0 aliphatic rings. The first-order chi connectivity index (χ1) is 11.7. The number of rotatable bonds is 11. The molecule has 7 heteroatoms. The highest BCUT2D eigenvalue weighted by atomic mass is 35.5. The smallest absolute Gasteiger partial charge is 0.191 e. The van der Waals surface area contributed by atoms with Gasteiger partial charge >= 0.3 is 0 Å². The van der Waals surface area contributed by atoms with E-state index in [0.717, 1.165) is 24.5 Å². The minimum absolute atomic E-state index is 0.320. The number of nitrogens with one attached hydrogen (secondary N) is 2. The van der Waals surface area contributed by atoms with Gasteiger partial charge in [0.2, 0.25) is 0 Å². The van der Waals surface area contributed by atoms with Crippen LogP contribution < -0.4 is 10.6 Å². The molecule has 1 aromatic carbocycles. The topological polar surface area (TPSA) is 54.9 Å². The maximum absolute atomic E-state index is 13.0. The van der Waals surface area contributed by atoms with Gasteiger partial charge in [-0.25, -0.2) is 4.39 Å². The molecule has 2 N–H and O–H groups in total. The lowest BCUT2D eigenvalue weighted by Crippen LogP contribution is -2.38. The molecule has 0 bridgehead atoms. The molecule has 0 amide bonds. The maximum atomic E-state index is 13.0. The van der Waals surface area contributed by atoms with Crippen molar-refractivity contribution in [2.75, 3.05) is 46.6 Å². The molecule has 0 radical (unpaired) electrons. The lowest BCUT2D eigenvalue weighted by molar-refractivity contribution is 0.0702. The second-order valence-corrected chi connectivity index (χ2v) is 5.54. The summed E-state index contributed by atoms with van der Waals surface area (Å²) in [6.07, 6.45) is 1.55. The van der Waals surface area contributed by atoms with Crippen LogP contribution in [0, 0.1) is 5.82 Å². The quantitative estimate of drug-likeness (QED) is 0.362. The molecule has 0 spiro atoms. The summed E-state index contributed by atoms with van der Waals surface area (Å²) in [4.78, 5) is 4.49. The SMILES string of the molecule is CCNC(=NCCCOCCOC)NCCc1ccc(F)cc1Cl. The van der Waals surface area contributed by atoms with Crippen LogP contribution in [0.5, 0.6) is 0 Å². The van der Waals surface area contributed by atoms with Crippen molar-refractivity contribution in [3.63, 3.8) is 0 Å². The Morgan fingerprint density at radius 2 is 2.08 bits per heavy atom. The van der Waals surface area contributed by atoms with E-state index in [1.54, 1.807) is 13.2 Å². The number of ether oxygens (including phenoxy) is 2. The van der Waals surface area contributed by atoms with Crippen LogP contribution in [0.1, 0.15) is 18.9 Å². The Bertz CT molecular complexity index is 501. The summed E-state index contributed by atoms with van der Waals surface area (Å²) in [6.45, 7) is 6.03. The van der Waals surface area contributed by atoms with Gasteiger partial charge < -0.3 is 20.1 Å². The van der Waals surface area contributed by atoms with Gasteiger partial charge in [0.25, 0.3) is 0 Å². The van der Waals surface area contributed by atoms with E-state index in [4.69, 9.17) is 21.1 Å². The molecule has 0 saturated carbocycles. The number of methoxy groups -OCH3 is 1. The van der Waals surface area contributed by atoms with Crippen LogP contribution in [-0.2, 0) is 15.9 Å². The highest BCUT2D eigenvalue weighted by molar-refractivity contribution is 6.31. The third-order valence-corrected chi connectivity index (χ3v) is 3.55. The molecule has 0 unspecified atom stereocenters. The fourth-order valence-corrected chi connectivity index (χ4v) is 2.25. The molecule has 0 fully saturated rings. The van der Waals surface area contributed by atoms with Crippen molar-refractivity contribution >= 4 is 17.6 Å². The van der Waals surface area contributed by atoms with Crippen molar-refractivity contribution in [2.24, 2.45) is 4.99 Å². The lowest BCUT2D eigenvalue weighted by atomic mass is 10.1. The highest BCUT2D eigenvalue weighted by Crippen LogP contribution is 2.17. The fourth-order valence-electron chi connectivity index (χ4n) is 1.98. The zero-order valence-corrected chi connectivity index (χ0v) is 15.2. The van der Waals surface area contributed by atoms with Crippen LogP contribution in [0.4, 0.5) is 4.39 Å². The molecule has 0 aliphatic carbocycles. The van der Waals surface area contributed by atoms with E-state index in [2.05, 4.69) is 15.6 Å². The Kier molecular flexibility index (Phi) is 11.2. The van der Waals surface area contributed by atoms with Gasteiger partial charge in [0.1, 0.15) is 5.82 Å². The third-order valence-electron chi connectivity index (χ3n) is 3.19. The Morgan fingerprint density at radius 3 is 2.79 bits per heavy atom. The highest BCUT2D eigenvalue weighted by Gasteiger charge is 2.03. The normalized spacial score (nSPS) is 11.6. The summed E-state index contributed by atoms with van der Waals surface area (Å²) in [5.41, 5.74) is 0.910. The summed E-state index contributed by atoms with van der Waals surface area (Å²) < 4.78 is 23.3. The number of benzene rings is 1. The van der Waals surface area contributed by atoms with E-state index < -0.39 is 0 Å². The Hall–Kier alpha value is -1.37. The van der Waals surface area contributed by atoms with E-state index >= 15 is 0 Å². The van der Waals surface area contributed by atoms with Crippen molar-refractivity contribution in [3.8, 4) is 0 Å². The lowest BCUT2D eigenvalue weighted by Gasteiger charge is -2.12. The molecule has 1 rings (SSSR count). The predicted octanol–water partition coefficient (Wildman–Crippen LogP) is 2.63. The van der Waals surface area contributed by atoms with Gasteiger partial charge in [-0.05, 0) is 37.5 Å². The maximum Gasteiger partial charge on any atom is 0.191 e. The molecule has 24 heavy (non-hydrogen) atoms. The summed E-state index contributed by atoms with van der Waals surface area (Å²) in [6, 6.07) is 4.46. The largest absolute Gasteiger partial charge is 0.382 e. The Morgan fingerprint density at radius 1 is 1.25 bits per heavy atom. The second kappa shape index (κ2) is 13.0. The number of guanidine groups is 1. The van der Waals surface area contributed by atoms with Crippen molar-refractivity contribution in [3.05, 3.63) is 34.6 Å². The van der Waals surface area contributed by atoms with E-state index in [1.165, 1.54) is 12.1 Å². The molecular weight excluding hydrogens is 333 g/mol. The van der Waals surface area contributed by atoms with Crippen LogP contribution in [0.25, 0.3) is 0 Å². The number of hydrogen-bond acceptors (Lipinski definition) is 3. The zero-order valence-electron chi connectivity index (χ0n) is 14.4. The fraction of sp³-hybridized carbons (Fsp3) is 0.588. The standard InChI is InChI=1S/C17H27ClFN3O2/c1-3-20-17(21-8-4-10-24-12-11-23-2)22-9-7-14-5-6-15(19)13-16(14)18/h5-6,13H,3-4,7-12H2,1-2H3,(H2,20,21,22). The van der Waals surface area contributed by atoms with Gasteiger partial charge in [0.05, 0.1) is 13.2 Å². The Labute approximate surface area is 148 Å². The van der Waals surface area contributed by atoms with Crippen LogP contribution in [-0.4, -0.2) is 52.5 Å². The summed E-state index contributed by atoms with van der Waals surface area (Å²) >= 11 is 6.02. The molecule has 136 valence electrons. The monoisotopic (exact) mass is 359 g/mol. The van der Waals surface area contributed by atoms with Gasteiger partial charge in [0, 0.05) is 38.4 Å². The van der Waals surface area contributed by atoms with E-state index in [-0.39, 0.29) is 5.82 Å². The minimum Gasteiger partial charge on any atom is -0.382 e. The number of nitrogens with zero attached hydrogens (tertiary/aromatic N) is 1. The van der Waals surface area contributed by atoms with Crippen molar-refractivity contribution in [1.29, 1.82) is 0 Å². The van der Waals surface area contributed by atoms with Crippen LogP contribution in [0.3, 0.4) is 0 Å². The summed E-state index contributed by atoms with van der Waals surface area (Å²) in [5.74, 6) is 0.437. The van der Waals surface area contributed by atoms with E-state index in [1.807, 2.05) is 6.92 Å². The summed E-state index contributed by atoms with van der Waals surface area (Å²) in [7, 11) is 1.65. The molecule has 0 aliphatic heterocycles. The van der Waals surface area contributed by atoms with Gasteiger partial charge in [-0.3, -0.25) is 4.99 Å². The molecule has 5 nitrogen and oxygen atoms in total. The minimum atomic E-state index is -0.320. The average Bonchev–Trinajstić information content (AvgIpc) is 2.56. The van der Waals surface area contributed by atoms with Gasteiger partial charge in [-0.15, -0.1) is 0 Å². The molecular formula is C17H27ClFN3O2. The number of hydrogen-bond donors (Lipinski definition) is 2. The van der Waals surface area contributed by atoms with Crippen molar-refractivity contribution in [1.82, 2.24) is 10.6 Å². The number of aliphatic imine (C=N–C) groups is 1. The molecule has 0 aromatic heterocycles. The Balaban J connectivity index is 2.30. The first-order valence-corrected chi connectivity index (χ1v) is 8.58. The first kappa shape index (κ1) is 20.7. The van der Waals surface area contributed by atoms with Crippen LogP contribution in [0.15, 0.2) is 23.2 Å². The van der Waals surface area contributed by atoms with E-state index in [9.17, 15) is 4.39 Å². The predicted molar refractivity (Wildman–Crippen MR) is 96.4 cm³/mol. The molecule has 0 saturated heterocycles. The zero-order chi connectivity index (χ0) is 17.6. The molecule has 0 heterocycles. The van der Waals surface area contributed by atoms with Crippen molar-refractivity contribution < 1.29 is 13.9 Å². The second-order valence-electron chi connectivity index (χ2n) is 5.13. The first-order valence-electron chi connectivity index (χ1n) is 8.20. The van der Waals surface area contributed by atoms with Gasteiger partial charge in [-0.1, -0.05) is 17.7 Å².